The minimum atomic E-state index is -0.526. The Morgan fingerprint density at radius 3 is 2.57 bits per heavy atom. The predicted octanol–water partition coefficient (Wildman–Crippen LogP) is 3.74. The maximum absolute atomic E-state index is 6.07. The van der Waals surface area contributed by atoms with Crippen LogP contribution in [0.2, 0.25) is 0 Å². The third kappa shape index (κ3) is 5.57. The summed E-state index contributed by atoms with van der Waals surface area (Å²) in [5.74, 6) is -0.526. The summed E-state index contributed by atoms with van der Waals surface area (Å²) in [6, 6.07) is 0.233. The van der Waals surface area contributed by atoms with Gasteiger partial charge < -0.3 is 24.0 Å². The number of hydrazine groups is 1. The zero-order valence-corrected chi connectivity index (χ0v) is 18.5. The largest absolute Gasteiger partial charge is 0.385 e. The van der Waals surface area contributed by atoms with Crippen molar-refractivity contribution in [2.75, 3.05) is 40.1 Å². The Balaban J connectivity index is 2.06. The lowest BCUT2D eigenvalue weighted by Gasteiger charge is -2.51. The summed E-state index contributed by atoms with van der Waals surface area (Å²) >= 11 is 0. The lowest BCUT2D eigenvalue weighted by atomic mass is 9.97. The minimum Gasteiger partial charge on any atom is -0.385 e. The summed E-state index contributed by atoms with van der Waals surface area (Å²) in [5.41, 5.74) is 1.02. The topological polar surface area (TPSA) is 43.4 Å². The van der Waals surface area contributed by atoms with E-state index in [1.54, 1.807) is 7.11 Å². The normalized spacial score (nSPS) is 25.0. The molecule has 0 amide bonds. The molecule has 1 spiro atoms. The molecule has 0 bridgehead atoms. The van der Waals surface area contributed by atoms with Gasteiger partial charge in [-0.1, -0.05) is 18.7 Å². The summed E-state index contributed by atoms with van der Waals surface area (Å²) in [4.78, 5) is 0. The summed E-state index contributed by atoms with van der Waals surface area (Å²) in [5, 5.41) is 4.60. The number of nitrogens with zero attached hydrogens (tertiary/aromatic N) is 2. The number of hydrogen-bond acceptors (Lipinski definition) is 6. The molecule has 2 atom stereocenters. The van der Waals surface area contributed by atoms with Crippen LogP contribution in [0, 0.1) is 0 Å². The Labute approximate surface area is 171 Å². The Morgan fingerprint density at radius 1 is 1.32 bits per heavy atom. The van der Waals surface area contributed by atoms with Gasteiger partial charge in [-0.25, -0.2) is 5.01 Å². The van der Waals surface area contributed by atoms with Crippen LogP contribution in [-0.2, 0) is 18.9 Å². The van der Waals surface area contributed by atoms with Crippen molar-refractivity contribution in [3.8, 4) is 0 Å². The van der Waals surface area contributed by atoms with Gasteiger partial charge in [0.25, 0.3) is 0 Å². The molecule has 6 nitrogen and oxygen atoms in total. The number of rotatable bonds is 11. The molecule has 2 saturated heterocycles. The Kier molecular flexibility index (Phi) is 8.52. The van der Waals surface area contributed by atoms with Crippen molar-refractivity contribution in [1.29, 1.82) is 0 Å². The van der Waals surface area contributed by atoms with Crippen LogP contribution in [-0.4, -0.2) is 73.6 Å². The number of methoxy groups -OCH3 is 1. The monoisotopic (exact) mass is 396 g/mol. The van der Waals surface area contributed by atoms with Crippen LogP contribution in [0.4, 0.5) is 0 Å². The third-order valence-corrected chi connectivity index (χ3v) is 5.77. The SMILES string of the molecule is C=CN(CC)N1[C@@H](C(=C)CC(C)OCCCOC)CCC12COC(C)(C)OC2. The van der Waals surface area contributed by atoms with Gasteiger partial charge in [-0.2, -0.15) is 0 Å². The average molecular weight is 397 g/mol. The van der Waals surface area contributed by atoms with Crippen LogP contribution in [0.3, 0.4) is 0 Å². The smallest absolute Gasteiger partial charge is 0.162 e. The fourth-order valence-electron chi connectivity index (χ4n) is 4.20. The van der Waals surface area contributed by atoms with E-state index in [1.165, 1.54) is 5.57 Å². The molecule has 1 unspecified atom stereocenters. The molecule has 2 heterocycles. The van der Waals surface area contributed by atoms with E-state index in [-0.39, 0.29) is 17.7 Å². The van der Waals surface area contributed by atoms with Gasteiger partial charge in [0, 0.05) is 33.1 Å². The predicted molar refractivity (Wildman–Crippen MR) is 112 cm³/mol. The van der Waals surface area contributed by atoms with Crippen molar-refractivity contribution in [3.63, 3.8) is 0 Å². The van der Waals surface area contributed by atoms with Crippen molar-refractivity contribution in [3.05, 3.63) is 24.9 Å². The summed E-state index contributed by atoms with van der Waals surface area (Å²) in [6.45, 7) is 20.3. The van der Waals surface area contributed by atoms with E-state index in [0.29, 0.717) is 19.8 Å². The standard InChI is InChI=1S/C22H40N2O4/c1-8-23(9-2)24-20(18(3)15-19(4)26-14-10-13-25-7)11-12-22(24)16-27-21(5,6)28-17-22/h8,19-20H,1,3,9-17H2,2,4-7H3/t19?,20-/m1/s1. The maximum Gasteiger partial charge on any atom is 0.162 e. The molecule has 2 aliphatic rings. The van der Waals surface area contributed by atoms with Crippen LogP contribution in [0.15, 0.2) is 24.9 Å². The first kappa shape index (κ1) is 23.4. The Morgan fingerprint density at radius 2 is 2.00 bits per heavy atom. The van der Waals surface area contributed by atoms with Crippen molar-refractivity contribution in [1.82, 2.24) is 10.0 Å². The van der Waals surface area contributed by atoms with Crippen LogP contribution >= 0.6 is 0 Å². The molecular weight excluding hydrogens is 356 g/mol. The molecule has 0 saturated carbocycles. The van der Waals surface area contributed by atoms with E-state index in [2.05, 4.69) is 37.0 Å². The Bertz CT molecular complexity index is 513. The first-order valence-electron chi connectivity index (χ1n) is 10.5. The first-order valence-corrected chi connectivity index (χ1v) is 10.5. The van der Waals surface area contributed by atoms with Crippen LogP contribution in [0.1, 0.15) is 53.4 Å². The van der Waals surface area contributed by atoms with Crippen LogP contribution in [0.5, 0.6) is 0 Å². The minimum absolute atomic E-state index is 0.138. The number of ether oxygens (including phenoxy) is 4. The number of hydrogen-bond donors (Lipinski definition) is 0. The molecule has 0 radical (unpaired) electrons. The second-order valence-corrected chi connectivity index (χ2v) is 8.43. The third-order valence-electron chi connectivity index (χ3n) is 5.77. The van der Waals surface area contributed by atoms with E-state index in [1.807, 2.05) is 20.0 Å². The molecule has 0 aromatic rings. The fourth-order valence-corrected chi connectivity index (χ4v) is 4.20. The summed E-state index contributed by atoms with van der Waals surface area (Å²) in [7, 11) is 1.72. The first-order chi connectivity index (χ1) is 13.3. The summed E-state index contributed by atoms with van der Waals surface area (Å²) in [6.07, 6.45) is 5.84. The van der Waals surface area contributed by atoms with Crippen molar-refractivity contribution >= 4 is 0 Å². The van der Waals surface area contributed by atoms with Gasteiger partial charge in [0.15, 0.2) is 5.79 Å². The fraction of sp³-hybridized carbons (Fsp3) is 0.818. The van der Waals surface area contributed by atoms with Gasteiger partial charge in [-0.05, 0) is 53.4 Å². The highest BCUT2D eigenvalue weighted by atomic mass is 16.7. The molecule has 0 N–H and O–H groups in total. The highest BCUT2D eigenvalue weighted by Crippen LogP contribution is 2.43. The lowest BCUT2D eigenvalue weighted by Crippen LogP contribution is -2.63. The second-order valence-electron chi connectivity index (χ2n) is 8.43. The Hall–Kier alpha value is -0.920. The second kappa shape index (κ2) is 10.2. The quantitative estimate of drug-likeness (QED) is 0.392. The van der Waals surface area contributed by atoms with Gasteiger partial charge in [0.05, 0.1) is 30.9 Å². The van der Waals surface area contributed by atoms with E-state index >= 15 is 0 Å². The molecule has 0 aliphatic carbocycles. The van der Waals surface area contributed by atoms with Gasteiger partial charge in [-0.3, -0.25) is 0 Å². The molecule has 28 heavy (non-hydrogen) atoms. The molecule has 6 heteroatoms. The van der Waals surface area contributed by atoms with E-state index in [0.717, 1.165) is 38.8 Å². The van der Waals surface area contributed by atoms with Gasteiger partial charge in [0.1, 0.15) is 0 Å². The molecule has 2 aliphatic heterocycles. The maximum atomic E-state index is 6.07. The van der Waals surface area contributed by atoms with Crippen molar-refractivity contribution < 1.29 is 18.9 Å². The summed E-state index contributed by atoms with van der Waals surface area (Å²) < 4.78 is 23.2. The van der Waals surface area contributed by atoms with Crippen LogP contribution in [0.25, 0.3) is 0 Å². The van der Waals surface area contributed by atoms with E-state index in [9.17, 15) is 0 Å². The van der Waals surface area contributed by atoms with Gasteiger partial charge in [-0.15, -0.1) is 0 Å². The molecule has 162 valence electrons. The highest BCUT2D eigenvalue weighted by molar-refractivity contribution is 5.16. The van der Waals surface area contributed by atoms with Crippen LogP contribution < -0.4 is 0 Å². The zero-order chi connectivity index (χ0) is 20.8. The molecule has 0 aromatic heterocycles. The molecule has 2 fully saturated rings. The lowest BCUT2D eigenvalue weighted by molar-refractivity contribution is -0.298. The van der Waals surface area contributed by atoms with E-state index in [4.69, 9.17) is 18.9 Å². The van der Waals surface area contributed by atoms with Crippen molar-refractivity contribution in [2.45, 2.75) is 76.9 Å². The highest BCUT2D eigenvalue weighted by Gasteiger charge is 2.53. The molecule has 0 aromatic carbocycles. The van der Waals surface area contributed by atoms with Gasteiger partial charge in [0.2, 0.25) is 0 Å². The molecular formula is C22H40N2O4. The van der Waals surface area contributed by atoms with Crippen molar-refractivity contribution in [2.24, 2.45) is 0 Å². The molecule has 2 rings (SSSR count). The van der Waals surface area contributed by atoms with E-state index < -0.39 is 5.79 Å². The zero-order valence-electron chi connectivity index (χ0n) is 18.5. The average Bonchev–Trinajstić information content (AvgIpc) is 3.02. The van der Waals surface area contributed by atoms with Gasteiger partial charge >= 0.3 is 0 Å².